The molecule has 0 bridgehead atoms. The molecule has 1 saturated heterocycles. The van der Waals surface area contributed by atoms with Crippen LogP contribution in [-0.4, -0.2) is 24.9 Å². The first-order chi connectivity index (χ1) is 17.6. The Labute approximate surface area is 218 Å². The lowest BCUT2D eigenvalue weighted by molar-refractivity contribution is -0.116. The molecule has 0 radical (unpaired) electrons. The van der Waals surface area contributed by atoms with E-state index in [-0.39, 0.29) is 17.9 Å². The fourth-order valence-electron chi connectivity index (χ4n) is 4.95. The van der Waals surface area contributed by atoms with Crippen molar-refractivity contribution in [3.63, 3.8) is 0 Å². The molecule has 2 amide bonds. The van der Waals surface area contributed by atoms with E-state index in [9.17, 15) is 9.59 Å². The Balaban J connectivity index is 1.54. The van der Waals surface area contributed by atoms with Crippen LogP contribution in [0.25, 0.3) is 0 Å². The van der Waals surface area contributed by atoms with Gasteiger partial charge in [-0.2, -0.15) is 0 Å². The predicted molar refractivity (Wildman–Crippen MR) is 151 cm³/mol. The van der Waals surface area contributed by atoms with E-state index in [1.54, 1.807) is 0 Å². The lowest BCUT2D eigenvalue weighted by Gasteiger charge is -2.23. The number of nitrogens with zero attached hydrogens (tertiary/aromatic N) is 1. The van der Waals surface area contributed by atoms with Crippen LogP contribution in [0.2, 0.25) is 0 Å². The molecule has 1 atom stereocenters. The Morgan fingerprint density at radius 1 is 0.861 bits per heavy atom. The summed E-state index contributed by atoms with van der Waals surface area (Å²) in [6, 6.07) is 15.6. The predicted octanol–water partition coefficient (Wildman–Crippen LogP) is 7.64. The lowest BCUT2D eigenvalue weighted by Crippen LogP contribution is -2.29. The van der Waals surface area contributed by atoms with Gasteiger partial charge in [-0.3, -0.25) is 9.59 Å². The van der Waals surface area contributed by atoms with Gasteiger partial charge < -0.3 is 15.5 Å². The van der Waals surface area contributed by atoms with Gasteiger partial charge in [-0.05, 0) is 49.9 Å². The standard InChI is InChI=1S/C31H45N3O2/c1-3-4-5-6-7-8-9-10-14-19-30(35)33-27-20-21-29(34-22-15-16-23-34)28(24-27)31(36)32-25(2)26-17-12-11-13-18-26/h11-13,17-18,20-21,24-25H,3-10,14-16,19,22-23H2,1-2H3,(H,32,36)(H,33,35). The van der Waals surface area contributed by atoms with E-state index in [1.165, 1.54) is 44.9 Å². The minimum absolute atomic E-state index is 0.0240. The third-order valence-corrected chi connectivity index (χ3v) is 7.13. The van der Waals surface area contributed by atoms with Gasteiger partial charge >= 0.3 is 0 Å². The molecule has 5 heteroatoms. The third-order valence-electron chi connectivity index (χ3n) is 7.13. The van der Waals surface area contributed by atoms with Crippen LogP contribution in [0.15, 0.2) is 48.5 Å². The zero-order valence-corrected chi connectivity index (χ0v) is 22.4. The van der Waals surface area contributed by atoms with Gasteiger partial charge in [0.15, 0.2) is 0 Å². The van der Waals surface area contributed by atoms with Crippen molar-refractivity contribution in [3.05, 3.63) is 59.7 Å². The van der Waals surface area contributed by atoms with Gasteiger partial charge in [0, 0.05) is 30.9 Å². The molecule has 2 N–H and O–H groups in total. The molecule has 0 spiro atoms. The molecule has 2 aromatic rings. The summed E-state index contributed by atoms with van der Waals surface area (Å²) in [5.74, 6) is -0.0841. The first-order valence-electron chi connectivity index (χ1n) is 14.1. The molecule has 1 heterocycles. The number of unbranched alkanes of at least 4 members (excludes halogenated alkanes) is 8. The van der Waals surface area contributed by atoms with Crippen molar-refractivity contribution >= 4 is 23.2 Å². The fraction of sp³-hybridized carbons (Fsp3) is 0.548. The van der Waals surface area contributed by atoms with Crippen LogP contribution >= 0.6 is 0 Å². The van der Waals surface area contributed by atoms with Crippen molar-refractivity contribution in [1.82, 2.24) is 5.32 Å². The van der Waals surface area contributed by atoms with E-state index in [1.807, 2.05) is 55.5 Å². The molecule has 0 aromatic heterocycles. The second-order valence-electron chi connectivity index (χ2n) is 10.2. The molecule has 1 aliphatic heterocycles. The monoisotopic (exact) mass is 491 g/mol. The molecular weight excluding hydrogens is 446 g/mol. The molecule has 0 aliphatic carbocycles. The highest BCUT2D eigenvalue weighted by atomic mass is 16.2. The second-order valence-corrected chi connectivity index (χ2v) is 10.2. The van der Waals surface area contributed by atoms with Crippen LogP contribution < -0.4 is 15.5 Å². The van der Waals surface area contributed by atoms with E-state index in [4.69, 9.17) is 0 Å². The number of anilines is 2. The highest BCUT2D eigenvalue weighted by molar-refractivity contribution is 6.02. The topological polar surface area (TPSA) is 61.4 Å². The van der Waals surface area contributed by atoms with Gasteiger partial charge in [0.1, 0.15) is 0 Å². The number of hydrogen-bond donors (Lipinski definition) is 2. The zero-order chi connectivity index (χ0) is 25.6. The minimum Gasteiger partial charge on any atom is -0.371 e. The fourth-order valence-corrected chi connectivity index (χ4v) is 4.95. The summed E-state index contributed by atoms with van der Waals surface area (Å²) in [4.78, 5) is 28.2. The normalized spacial score (nSPS) is 14.0. The van der Waals surface area contributed by atoms with Crippen molar-refractivity contribution in [2.45, 2.75) is 96.9 Å². The summed E-state index contributed by atoms with van der Waals surface area (Å²) in [6.07, 6.45) is 13.9. The molecule has 196 valence electrons. The van der Waals surface area contributed by atoms with E-state index in [2.05, 4.69) is 22.5 Å². The molecule has 1 aliphatic rings. The summed E-state index contributed by atoms with van der Waals surface area (Å²) in [5, 5.41) is 6.18. The lowest BCUT2D eigenvalue weighted by atomic mass is 10.1. The Hall–Kier alpha value is -2.82. The average molecular weight is 492 g/mol. The van der Waals surface area contributed by atoms with Crippen LogP contribution in [0, 0.1) is 0 Å². The largest absolute Gasteiger partial charge is 0.371 e. The number of nitrogens with one attached hydrogen (secondary N) is 2. The highest BCUT2D eigenvalue weighted by Crippen LogP contribution is 2.28. The molecule has 2 aromatic carbocycles. The van der Waals surface area contributed by atoms with Crippen LogP contribution in [0.1, 0.15) is 113 Å². The molecule has 36 heavy (non-hydrogen) atoms. The van der Waals surface area contributed by atoms with Crippen molar-refractivity contribution < 1.29 is 9.59 Å². The van der Waals surface area contributed by atoms with E-state index in [0.29, 0.717) is 17.7 Å². The quantitative estimate of drug-likeness (QED) is 0.252. The molecule has 0 saturated carbocycles. The first kappa shape index (κ1) is 27.8. The minimum atomic E-state index is -0.108. The molecule has 1 fully saturated rings. The Morgan fingerprint density at radius 3 is 2.17 bits per heavy atom. The van der Waals surface area contributed by atoms with Crippen molar-refractivity contribution in [2.75, 3.05) is 23.3 Å². The van der Waals surface area contributed by atoms with E-state index >= 15 is 0 Å². The molecular formula is C31H45N3O2. The second kappa shape index (κ2) is 15.3. The number of rotatable bonds is 15. The summed E-state index contributed by atoms with van der Waals surface area (Å²) < 4.78 is 0. The summed E-state index contributed by atoms with van der Waals surface area (Å²) >= 11 is 0. The maximum atomic E-state index is 13.3. The SMILES string of the molecule is CCCCCCCCCCCC(=O)Nc1ccc(N2CCCC2)c(C(=O)NC(C)c2ccccc2)c1. The van der Waals surface area contributed by atoms with E-state index in [0.717, 1.165) is 50.0 Å². The maximum absolute atomic E-state index is 13.3. The summed E-state index contributed by atoms with van der Waals surface area (Å²) in [5.41, 5.74) is 3.33. The van der Waals surface area contributed by atoms with Crippen LogP contribution in [-0.2, 0) is 4.79 Å². The van der Waals surface area contributed by atoms with Crippen molar-refractivity contribution in [3.8, 4) is 0 Å². The zero-order valence-electron chi connectivity index (χ0n) is 22.4. The Kier molecular flexibility index (Phi) is 11.8. The van der Waals surface area contributed by atoms with Gasteiger partial charge in [-0.25, -0.2) is 0 Å². The van der Waals surface area contributed by atoms with Crippen LogP contribution in [0.4, 0.5) is 11.4 Å². The summed E-state index contributed by atoms with van der Waals surface area (Å²) in [6.45, 7) is 6.16. The van der Waals surface area contributed by atoms with Gasteiger partial charge in [0.2, 0.25) is 5.91 Å². The molecule has 5 nitrogen and oxygen atoms in total. The third kappa shape index (κ3) is 9.00. The first-order valence-corrected chi connectivity index (χ1v) is 14.1. The van der Waals surface area contributed by atoms with Gasteiger partial charge in [-0.1, -0.05) is 88.6 Å². The highest BCUT2D eigenvalue weighted by Gasteiger charge is 2.22. The van der Waals surface area contributed by atoms with Crippen molar-refractivity contribution in [1.29, 1.82) is 0 Å². The molecule has 3 rings (SSSR count). The van der Waals surface area contributed by atoms with Gasteiger partial charge in [0.25, 0.3) is 5.91 Å². The maximum Gasteiger partial charge on any atom is 0.253 e. The molecule has 1 unspecified atom stereocenters. The Bertz CT molecular complexity index is 938. The number of carbonyl (C=O) groups is 2. The summed E-state index contributed by atoms with van der Waals surface area (Å²) in [7, 11) is 0. The number of amides is 2. The van der Waals surface area contributed by atoms with Gasteiger partial charge in [0.05, 0.1) is 11.6 Å². The van der Waals surface area contributed by atoms with Crippen molar-refractivity contribution in [2.24, 2.45) is 0 Å². The van der Waals surface area contributed by atoms with Crippen LogP contribution in [0.5, 0.6) is 0 Å². The van der Waals surface area contributed by atoms with E-state index < -0.39 is 0 Å². The van der Waals surface area contributed by atoms with Crippen LogP contribution in [0.3, 0.4) is 0 Å². The smallest absolute Gasteiger partial charge is 0.253 e. The number of benzene rings is 2. The van der Waals surface area contributed by atoms with Gasteiger partial charge in [-0.15, -0.1) is 0 Å². The average Bonchev–Trinajstić information content (AvgIpc) is 3.43. The number of carbonyl (C=O) groups excluding carboxylic acids is 2. The Morgan fingerprint density at radius 2 is 1.50 bits per heavy atom. The number of hydrogen-bond acceptors (Lipinski definition) is 3.